The second kappa shape index (κ2) is 7.61. The fourth-order valence-electron chi connectivity index (χ4n) is 2.83. The molecule has 0 aromatic carbocycles. The first-order valence-electron chi connectivity index (χ1n) is 8.88. The van der Waals surface area contributed by atoms with Gasteiger partial charge >= 0.3 is 5.97 Å². The predicted molar refractivity (Wildman–Crippen MR) is 99.7 cm³/mol. The molecule has 0 atom stereocenters. The first kappa shape index (κ1) is 18.6. The van der Waals surface area contributed by atoms with E-state index in [1.54, 1.807) is 6.07 Å². The number of hydrogen-bond donors (Lipinski definition) is 1. The zero-order chi connectivity index (χ0) is 18.7. The van der Waals surface area contributed by atoms with Gasteiger partial charge in [-0.3, -0.25) is 10.1 Å². The number of amides is 1. The summed E-state index contributed by atoms with van der Waals surface area (Å²) in [6.07, 6.45) is 5.60. The van der Waals surface area contributed by atoms with Crippen LogP contribution in [0.1, 0.15) is 65.8 Å². The van der Waals surface area contributed by atoms with E-state index in [4.69, 9.17) is 9.26 Å². The number of aromatic nitrogens is 1. The highest BCUT2D eigenvalue weighted by Gasteiger charge is 2.21. The van der Waals surface area contributed by atoms with Gasteiger partial charge in [0.25, 0.3) is 5.91 Å². The zero-order valence-corrected chi connectivity index (χ0v) is 16.2. The van der Waals surface area contributed by atoms with E-state index in [1.165, 1.54) is 28.2 Å². The lowest BCUT2D eigenvalue weighted by atomic mass is 9.92. The molecular formula is C19H24N2O4S. The Morgan fingerprint density at radius 1 is 1.23 bits per heavy atom. The number of hydrogen-bond acceptors (Lipinski definition) is 6. The molecule has 0 radical (unpaired) electrons. The van der Waals surface area contributed by atoms with Gasteiger partial charge in [-0.2, -0.15) is 0 Å². The summed E-state index contributed by atoms with van der Waals surface area (Å²) in [6.45, 7) is 5.65. The number of thiophene rings is 1. The van der Waals surface area contributed by atoms with E-state index in [0.29, 0.717) is 4.88 Å². The summed E-state index contributed by atoms with van der Waals surface area (Å²) >= 11 is 1.48. The lowest BCUT2D eigenvalue weighted by Gasteiger charge is -2.12. The van der Waals surface area contributed by atoms with Gasteiger partial charge in [-0.1, -0.05) is 32.3 Å². The number of ether oxygens (including phenoxy) is 1. The molecule has 0 saturated heterocycles. The number of anilines is 1. The van der Waals surface area contributed by atoms with Crippen LogP contribution in [0.4, 0.5) is 5.88 Å². The highest BCUT2D eigenvalue weighted by molar-refractivity contribution is 7.14. The highest BCUT2D eigenvalue weighted by Crippen LogP contribution is 2.29. The number of carbonyl (C=O) groups is 2. The van der Waals surface area contributed by atoms with Gasteiger partial charge in [0.15, 0.2) is 6.61 Å². The van der Waals surface area contributed by atoms with Crippen molar-refractivity contribution in [3.05, 3.63) is 33.1 Å². The molecule has 3 rings (SSSR count). The van der Waals surface area contributed by atoms with Crippen LogP contribution >= 0.6 is 11.3 Å². The Bertz CT molecular complexity index is 777. The van der Waals surface area contributed by atoms with Crippen LogP contribution in [0.15, 0.2) is 16.7 Å². The largest absolute Gasteiger partial charge is 0.451 e. The number of carbonyl (C=O) groups excluding carboxylic acids is 2. The maximum atomic E-state index is 12.2. The Balaban J connectivity index is 1.53. The summed E-state index contributed by atoms with van der Waals surface area (Å²) in [5, 5.41) is 6.49. The molecular weight excluding hydrogens is 352 g/mol. The Morgan fingerprint density at radius 2 is 2.00 bits per heavy atom. The fraction of sp³-hybridized carbons (Fsp3) is 0.526. The van der Waals surface area contributed by atoms with Crippen molar-refractivity contribution in [2.45, 2.75) is 58.3 Å². The summed E-state index contributed by atoms with van der Waals surface area (Å²) < 4.78 is 10.2. The molecule has 1 N–H and O–H groups in total. The van der Waals surface area contributed by atoms with Crippen LogP contribution in [0.2, 0.25) is 0 Å². The minimum Gasteiger partial charge on any atom is -0.451 e. The van der Waals surface area contributed by atoms with E-state index in [9.17, 15) is 9.59 Å². The van der Waals surface area contributed by atoms with Crippen molar-refractivity contribution >= 4 is 29.1 Å². The fourth-order valence-corrected chi connectivity index (χ4v) is 3.98. The number of rotatable bonds is 4. The topological polar surface area (TPSA) is 81.4 Å². The van der Waals surface area contributed by atoms with Gasteiger partial charge in [-0.05, 0) is 37.3 Å². The van der Waals surface area contributed by atoms with Gasteiger partial charge in [0.05, 0.1) is 5.69 Å². The van der Waals surface area contributed by atoms with Crippen molar-refractivity contribution in [3.8, 4) is 0 Å². The normalized spacial score (nSPS) is 14.4. The molecule has 26 heavy (non-hydrogen) atoms. The number of aryl methyl sites for hydroxylation is 2. The molecule has 140 valence electrons. The summed E-state index contributed by atoms with van der Waals surface area (Å²) in [7, 11) is 0. The maximum absolute atomic E-state index is 12.2. The molecule has 0 saturated carbocycles. The van der Waals surface area contributed by atoms with Crippen molar-refractivity contribution in [3.63, 3.8) is 0 Å². The second-order valence-corrected chi connectivity index (χ2v) is 8.71. The van der Waals surface area contributed by atoms with Crippen LogP contribution in [0, 0.1) is 0 Å². The van der Waals surface area contributed by atoms with Crippen LogP contribution in [-0.2, 0) is 27.8 Å². The molecule has 0 bridgehead atoms. The summed E-state index contributed by atoms with van der Waals surface area (Å²) in [4.78, 5) is 26.0. The monoisotopic (exact) mass is 376 g/mol. The third kappa shape index (κ3) is 4.52. The second-order valence-electron chi connectivity index (χ2n) is 7.57. The van der Waals surface area contributed by atoms with Gasteiger partial charge in [0.1, 0.15) is 4.88 Å². The first-order chi connectivity index (χ1) is 12.3. The molecule has 2 aromatic heterocycles. The molecule has 1 aliphatic carbocycles. The lowest BCUT2D eigenvalue weighted by Crippen LogP contribution is -2.20. The molecule has 0 spiro atoms. The highest BCUT2D eigenvalue weighted by atomic mass is 32.1. The van der Waals surface area contributed by atoms with E-state index >= 15 is 0 Å². The van der Waals surface area contributed by atoms with E-state index < -0.39 is 11.9 Å². The molecule has 0 aliphatic heterocycles. The summed E-state index contributed by atoms with van der Waals surface area (Å²) in [6, 6.07) is 3.59. The number of nitrogens with zero attached hydrogens (tertiary/aromatic N) is 1. The number of fused-ring (bicyclic) bond motifs is 1. The smallest absolute Gasteiger partial charge is 0.348 e. The van der Waals surface area contributed by atoms with Gasteiger partial charge in [-0.15, -0.1) is 11.3 Å². The van der Waals surface area contributed by atoms with E-state index in [2.05, 4.69) is 10.5 Å². The standard InChI is InChI=1S/C19H24N2O4S/c1-19(2,3)15-10-17(25-21-15)20-16(22)11-24-18(23)14-9-12-7-5-4-6-8-13(12)26-14/h9-10H,4-8,11H2,1-3H3,(H,20,22). The third-order valence-corrected chi connectivity index (χ3v) is 5.54. The number of nitrogens with one attached hydrogen (secondary N) is 1. The minimum atomic E-state index is -0.453. The molecule has 1 amide bonds. The Kier molecular flexibility index (Phi) is 5.46. The molecule has 1 aliphatic rings. The van der Waals surface area contributed by atoms with Crippen LogP contribution < -0.4 is 5.32 Å². The molecule has 7 heteroatoms. The molecule has 2 aromatic rings. The minimum absolute atomic E-state index is 0.171. The lowest BCUT2D eigenvalue weighted by molar-refractivity contribution is -0.119. The third-order valence-electron chi connectivity index (χ3n) is 4.32. The van der Waals surface area contributed by atoms with Gasteiger partial charge in [0.2, 0.25) is 5.88 Å². The van der Waals surface area contributed by atoms with Crippen LogP contribution in [-0.4, -0.2) is 23.6 Å². The van der Waals surface area contributed by atoms with E-state index in [0.717, 1.165) is 31.4 Å². The van der Waals surface area contributed by atoms with E-state index in [1.807, 2.05) is 26.8 Å². The molecule has 0 unspecified atom stereocenters. The van der Waals surface area contributed by atoms with Crippen molar-refractivity contribution in [1.82, 2.24) is 5.16 Å². The molecule has 2 heterocycles. The Labute approximate surface area is 156 Å². The first-order valence-corrected chi connectivity index (χ1v) is 9.70. The SMILES string of the molecule is CC(C)(C)c1cc(NC(=O)COC(=O)c2cc3c(s2)CCCCC3)on1. The predicted octanol–water partition coefficient (Wildman–Crippen LogP) is 4.10. The van der Waals surface area contributed by atoms with Crippen LogP contribution in [0.25, 0.3) is 0 Å². The molecule has 0 fully saturated rings. The maximum Gasteiger partial charge on any atom is 0.348 e. The summed E-state index contributed by atoms with van der Waals surface area (Å²) in [5.41, 5.74) is 1.82. The molecule has 6 nitrogen and oxygen atoms in total. The van der Waals surface area contributed by atoms with E-state index in [-0.39, 0.29) is 17.9 Å². The van der Waals surface area contributed by atoms with Gasteiger partial charge < -0.3 is 9.26 Å². The van der Waals surface area contributed by atoms with Crippen molar-refractivity contribution in [2.24, 2.45) is 0 Å². The van der Waals surface area contributed by atoms with Crippen molar-refractivity contribution < 1.29 is 18.8 Å². The van der Waals surface area contributed by atoms with Crippen molar-refractivity contribution in [1.29, 1.82) is 0 Å². The summed E-state index contributed by atoms with van der Waals surface area (Å²) in [5.74, 6) is -0.655. The Morgan fingerprint density at radius 3 is 2.73 bits per heavy atom. The van der Waals surface area contributed by atoms with Gasteiger partial charge in [0, 0.05) is 16.4 Å². The Hall–Kier alpha value is -2.15. The van der Waals surface area contributed by atoms with Crippen molar-refractivity contribution in [2.75, 3.05) is 11.9 Å². The quantitative estimate of drug-likeness (QED) is 0.642. The van der Waals surface area contributed by atoms with Crippen LogP contribution in [0.3, 0.4) is 0 Å². The number of esters is 1. The zero-order valence-electron chi connectivity index (χ0n) is 15.4. The average Bonchev–Trinajstić information content (AvgIpc) is 3.15. The van der Waals surface area contributed by atoms with Crippen LogP contribution in [0.5, 0.6) is 0 Å². The van der Waals surface area contributed by atoms with Gasteiger partial charge in [-0.25, -0.2) is 4.79 Å². The average molecular weight is 376 g/mol.